The van der Waals surface area contributed by atoms with Crippen molar-refractivity contribution < 1.29 is 4.74 Å². The maximum Gasteiger partial charge on any atom is 0.158 e. The minimum absolute atomic E-state index is 0.772. The molecule has 1 N–H and O–H groups in total. The average molecular weight is 352 g/mol. The van der Waals surface area contributed by atoms with Gasteiger partial charge in [0.2, 0.25) is 0 Å². The van der Waals surface area contributed by atoms with E-state index in [2.05, 4.69) is 20.5 Å². The van der Waals surface area contributed by atoms with E-state index in [1.54, 1.807) is 24.7 Å². The van der Waals surface area contributed by atoms with Crippen molar-refractivity contribution in [1.82, 2.24) is 9.97 Å². The number of ether oxygens (including phenoxy) is 1. The number of hydrogen-bond donors (Lipinski definition) is 1. The molecule has 0 spiro atoms. The fourth-order valence-electron chi connectivity index (χ4n) is 3.20. The van der Waals surface area contributed by atoms with Gasteiger partial charge < -0.3 is 4.74 Å². The molecule has 0 fully saturated rings. The monoisotopic (exact) mass is 352 g/mol. The smallest absolute Gasteiger partial charge is 0.158 e. The highest BCUT2D eigenvalue weighted by Crippen LogP contribution is 2.38. The SMILES string of the molecule is COc1ccc(C=NNc2nc(C)nc3sc4c(c23)CCCC4)cc1. The summed E-state index contributed by atoms with van der Waals surface area (Å²) in [5.74, 6) is 2.42. The second-order valence-electron chi connectivity index (χ2n) is 6.15. The summed E-state index contributed by atoms with van der Waals surface area (Å²) >= 11 is 1.81. The Hall–Kier alpha value is -2.47. The first-order valence-corrected chi connectivity index (χ1v) is 9.28. The molecular formula is C19H20N4OS. The Kier molecular flexibility index (Phi) is 4.36. The van der Waals surface area contributed by atoms with Crippen LogP contribution < -0.4 is 10.2 Å². The predicted molar refractivity (Wildman–Crippen MR) is 103 cm³/mol. The van der Waals surface area contributed by atoms with Crippen LogP contribution in [-0.4, -0.2) is 23.3 Å². The third-order valence-electron chi connectivity index (χ3n) is 4.43. The summed E-state index contributed by atoms with van der Waals surface area (Å²) in [5, 5.41) is 5.54. The van der Waals surface area contributed by atoms with Crippen LogP contribution in [-0.2, 0) is 12.8 Å². The van der Waals surface area contributed by atoms with E-state index in [-0.39, 0.29) is 0 Å². The number of thiophene rings is 1. The zero-order valence-electron chi connectivity index (χ0n) is 14.4. The van der Waals surface area contributed by atoms with Crippen LogP contribution in [0.5, 0.6) is 5.75 Å². The Morgan fingerprint density at radius 1 is 1.16 bits per heavy atom. The maximum absolute atomic E-state index is 5.17. The van der Waals surface area contributed by atoms with Gasteiger partial charge in [-0.15, -0.1) is 11.3 Å². The van der Waals surface area contributed by atoms with Crippen LogP contribution in [0.2, 0.25) is 0 Å². The number of rotatable bonds is 4. The number of anilines is 1. The summed E-state index contributed by atoms with van der Waals surface area (Å²) in [7, 11) is 1.66. The number of fused-ring (bicyclic) bond motifs is 3. The van der Waals surface area contributed by atoms with E-state index < -0.39 is 0 Å². The fourth-order valence-corrected chi connectivity index (χ4v) is 4.51. The van der Waals surface area contributed by atoms with Gasteiger partial charge in [0.1, 0.15) is 16.4 Å². The average Bonchev–Trinajstić information content (AvgIpc) is 3.00. The molecule has 0 bridgehead atoms. The molecule has 0 unspecified atom stereocenters. The lowest BCUT2D eigenvalue weighted by Gasteiger charge is -2.11. The van der Waals surface area contributed by atoms with Crippen LogP contribution in [0.15, 0.2) is 29.4 Å². The summed E-state index contributed by atoms with van der Waals surface area (Å²) in [6, 6.07) is 7.78. The van der Waals surface area contributed by atoms with Crippen molar-refractivity contribution in [1.29, 1.82) is 0 Å². The maximum atomic E-state index is 5.17. The van der Waals surface area contributed by atoms with Crippen LogP contribution in [0.3, 0.4) is 0 Å². The van der Waals surface area contributed by atoms with E-state index in [1.807, 2.05) is 31.2 Å². The zero-order valence-corrected chi connectivity index (χ0v) is 15.2. The van der Waals surface area contributed by atoms with E-state index in [0.29, 0.717) is 0 Å². The van der Waals surface area contributed by atoms with Crippen molar-refractivity contribution in [2.45, 2.75) is 32.6 Å². The summed E-state index contributed by atoms with van der Waals surface area (Å²) in [6.07, 6.45) is 6.57. The number of aryl methyl sites for hydroxylation is 3. The number of hydrazone groups is 1. The molecule has 1 aliphatic rings. The zero-order chi connectivity index (χ0) is 17.2. The predicted octanol–water partition coefficient (Wildman–Crippen LogP) is 4.33. The third kappa shape index (κ3) is 3.22. The Balaban J connectivity index is 1.64. The lowest BCUT2D eigenvalue weighted by atomic mass is 9.97. The Labute approximate surface area is 150 Å². The van der Waals surface area contributed by atoms with Crippen molar-refractivity contribution in [3.05, 3.63) is 46.1 Å². The van der Waals surface area contributed by atoms with Gasteiger partial charge >= 0.3 is 0 Å². The minimum Gasteiger partial charge on any atom is -0.497 e. The van der Waals surface area contributed by atoms with Gasteiger partial charge in [0.15, 0.2) is 5.82 Å². The molecule has 2 heterocycles. The van der Waals surface area contributed by atoms with Crippen LogP contribution in [0.1, 0.15) is 34.7 Å². The molecule has 0 saturated carbocycles. The van der Waals surface area contributed by atoms with Gasteiger partial charge in [0, 0.05) is 4.88 Å². The lowest BCUT2D eigenvalue weighted by molar-refractivity contribution is 0.415. The van der Waals surface area contributed by atoms with E-state index in [4.69, 9.17) is 4.74 Å². The van der Waals surface area contributed by atoms with Gasteiger partial charge in [-0.25, -0.2) is 9.97 Å². The largest absolute Gasteiger partial charge is 0.497 e. The number of nitrogens with zero attached hydrogens (tertiary/aromatic N) is 3. The molecule has 4 rings (SSSR count). The van der Waals surface area contributed by atoms with Crippen molar-refractivity contribution in [3.8, 4) is 5.75 Å². The van der Waals surface area contributed by atoms with Crippen molar-refractivity contribution >= 4 is 33.6 Å². The highest BCUT2D eigenvalue weighted by molar-refractivity contribution is 7.19. The lowest BCUT2D eigenvalue weighted by Crippen LogP contribution is -2.02. The third-order valence-corrected chi connectivity index (χ3v) is 5.61. The van der Waals surface area contributed by atoms with Gasteiger partial charge in [0.25, 0.3) is 0 Å². The number of nitrogens with one attached hydrogen (secondary N) is 1. The molecule has 0 radical (unpaired) electrons. The van der Waals surface area contributed by atoms with Crippen LogP contribution in [0.4, 0.5) is 5.82 Å². The van der Waals surface area contributed by atoms with Gasteiger partial charge in [-0.2, -0.15) is 5.10 Å². The Morgan fingerprint density at radius 3 is 2.76 bits per heavy atom. The molecule has 25 heavy (non-hydrogen) atoms. The number of aromatic nitrogens is 2. The number of hydrogen-bond acceptors (Lipinski definition) is 6. The van der Waals surface area contributed by atoms with Crippen molar-refractivity contribution in [3.63, 3.8) is 0 Å². The second-order valence-corrected chi connectivity index (χ2v) is 7.24. The van der Waals surface area contributed by atoms with E-state index in [9.17, 15) is 0 Å². The van der Waals surface area contributed by atoms with Crippen molar-refractivity contribution in [2.75, 3.05) is 12.5 Å². The molecule has 6 heteroatoms. The highest BCUT2D eigenvalue weighted by atomic mass is 32.1. The van der Waals surface area contributed by atoms with E-state index in [0.717, 1.165) is 46.0 Å². The Morgan fingerprint density at radius 2 is 1.96 bits per heavy atom. The van der Waals surface area contributed by atoms with Gasteiger partial charge in [-0.1, -0.05) is 0 Å². The van der Waals surface area contributed by atoms with Crippen LogP contribution in [0, 0.1) is 6.92 Å². The van der Waals surface area contributed by atoms with Gasteiger partial charge in [-0.05, 0) is 68.0 Å². The van der Waals surface area contributed by atoms with E-state index in [1.165, 1.54) is 23.3 Å². The molecule has 128 valence electrons. The second kappa shape index (κ2) is 6.80. The van der Waals surface area contributed by atoms with Crippen molar-refractivity contribution in [2.24, 2.45) is 5.10 Å². The molecule has 1 aliphatic carbocycles. The molecule has 0 amide bonds. The molecule has 0 saturated heterocycles. The number of methoxy groups -OCH3 is 1. The highest BCUT2D eigenvalue weighted by Gasteiger charge is 2.20. The minimum atomic E-state index is 0.772. The molecule has 5 nitrogen and oxygen atoms in total. The molecule has 0 aliphatic heterocycles. The quantitative estimate of drug-likeness (QED) is 0.561. The molecule has 2 aromatic heterocycles. The summed E-state index contributed by atoms with van der Waals surface area (Å²) in [6.45, 7) is 1.93. The number of benzene rings is 1. The topological polar surface area (TPSA) is 59.4 Å². The van der Waals surface area contributed by atoms with E-state index >= 15 is 0 Å². The normalized spacial score (nSPS) is 14.0. The first-order valence-electron chi connectivity index (χ1n) is 8.46. The summed E-state index contributed by atoms with van der Waals surface area (Å²) in [5.41, 5.74) is 5.55. The first-order chi connectivity index (χ1) is 12.2. The summed E-state index contributed by atoms with van der Waals surface area (Å²) in [4.78, 5) is 11.8. The van der Waals surface area contributed by atoms with Gasteiger partial charge in [0.05, 0.1) is 18.7 Å². The molecule has 1 aromatic carbocycles. The molecule has 3 aromatic rings. The molecular weight excluding hydrogens is 332 g/mol. The first kappa shape index (κ1) is 16.0. The Bertz CT molecular complexity index is 931. The molecule has 0 atom stereocenters. The standard InChI is InChI=1S/C19H20N4OS/c1-12-21-18(23-20-11-13-7-9-14(24-2)10-8-13)17-15-5-3-4-6-16(15)25-19(17)22-12/h7-11H,3-6H2,1-2H3,(H,21,22,23). The van der Waals surface area contributed by atoms with Crippen LogP contribution in [0.25, 0.3) is 10.2 Å². The summed E-state index contributed by atoms with van der Waals surface area (Å²) < 4.78 is 5.17. The van der Waals surface area contributed by atoms with Gasteiger partial charge in [-0.3, -0.25) is 5.43 Å². The fraction of sp³-hybridized carbons (Fsp3) is 0.316. The van der Waals surface area contributed by atoms with Crippen LogP contribution >= 0.6 is 11.3 Å².